The highest BCUT2D eigenvalue weighted by Crippen LogP contribution is 2.38. The van der Waals surface area contributed by atoms with Crippen LogP contribution in [0, 0.1) is 12.7 Å². The maximum Gasteiger partial charge on any atom is 0.320 e. The third kappa shape index (κ3) is 13.5. The third-order valence-corrected chi connectivity index (χ3v) is 8.64. The van der Waals surface area contributed by atoms with Crippen molar-refractivity contribution >= 4 is 34.7 Å². The number of aryl methyl sites for hydroxylation is 1. The second-order valence-corrected chi connectivity index (χ2v) is 12.9. The van der Waals surface area contributed by atoms with Gasteiger partial charge < -0.3 is 4.74 Å². The first-order valence-electron chi connectivity index (χ1n) is 19.8. The monoisotopic (exact) mass is 806 g/mol. The van der Waals surface area contributed by atoms with Crippen molar-refractivity contribution in [3.8, 4) is 11.1 Å². The minimum absolute atomic E-state index is 0. The molecular formula is C51H60F2O6. The van der Waals surface area contributed by atoms with E-state index in [2.05, 4.69) is 19.7 Å². The third-order valence-electron chi connectivity index (χ3n) is 8.64. The molecule has 6 nitrogen and oxygen atoms in total. The normalized spacial score (nSPS) is 13.1. The maximum atomic E-state index is 13.6. The number of halogens is 2. The molecule has 314 valence electrons. The lowest BCUT2D eigenvalue weighted by Crippen LogP contribution is -2.38. The number of hydrogen-bond donors (Lipinski definition) is 0. The molecular weight excluding hydrogens is 747 g/mol. The fourth-order valence-electron chi connectivity index (χ4n) is 6.09. The molecule has 0 spiro atoms. The number of ether oxygens (including phenoxy) is 1. The van der Waals surface area contributed by atoms with E-state index >= 15 is 0 Å². The summed E-state index contributed by atoms with van der Waals surface area (Å²) in [6, 6.07) is 23.5. The molecule has 1 unspecified atom stereocenters. The number of esters is 1. The zero-order chi connectivity index (χ0) is 44.9. The van der Waals surface area contributed by atoms with Crippen molar-refractivity contribution < 1.29 is 38.9 Å². The molecule has 4 aromatic rings. The number of allylic oxidation sites excluding steroid dienone is 4. The Morgan fingerprint density at radius 3 is 1.95 bits per heavy atom. The van der Waals surface area contributed by atoms with E-state index in [0.29, 0.717) is 57.5 Å². The van der Waals surface area contributed by atoms with Gasteiger partial charge in [-0.2, -0.15) is 0 Å². The minimum Gasteiger partial charge on any atom is -0.465 e. The molecule has 0 fully saturated rings. The van der Waals surface area contributed by atoms with E-state index in [1.165, 1.54) is 32.1 Å². The number of hydrogen-bond acceptors (Lipinski definition) is 6. The number of Topliss-reactive ketones (excluding diaryl/α,β-unsaturated/α-hetero) is 3. The van der Waals surface area contributed by atoms with Gasteiger partial charge >= 0.3 is 5.97 Å². The first kappa shape index (κ1) is 50.9. The second-order valence-electron chi connectivity index (χ2n) is 12.9. The van der Waals surface area contributed by atoms with Crippen LogP contribution in [-0.4, -0.2) is 42.4 Å². The number of carbonyl (C=O) groups is 5. The van der Waals surface area contributed by atoms with Crippen LogP contribution in [0.3, 0.4) is 0 Å². The lowest BCUT2D eigenvalue weighted by Gasteiger charge is -2.31. The van der Waals surface area contributed by atoms with E-state index < -0.39 is 5.41 Å². The molecule has 1 atom stereocenters. The Balaban J connectivity index is 0.00000109. The summed E-state index contributed by atoms with van der Waals surface area (Å²) in [7, 11) is 0. The predicted octanol–water partition coefficient (Wildman–Crippen LogP) is 12.7. The summed E-state index contributed by atoms with van der Waals surface area (Å²) in [6.07, 6.45) is 5.35. The highest BCUT2D eigenvalue weighted by molar-refractivity contribution is 6.32. The van der Waals surface area contributed by atoms with Crippen molar-refractivity contribution in [1.29, 1.82) is 0 Å². The van der Waals surface area contributed by atoms with Crippen molar-refractivity contribution in [3.05, 3.63) is 173 Å². The highest BCUT2D eigenvalue weighted by Gasteiger charge is 2.42. The van der Waals surface area contributed by atoms with Crippen LogP contribution < -0.4 is 0 Å². The van der Waals surface area contributed by atoms with Crippen LogP contribution in [0.5, 0.6) is 0 Å². The molecule has 8 heteroatoms. The molecule has 0 aliphatic heterocycles. The van der Waals surface area contributed by atoms with E-state index in [0.717, 1.165) is 5.56 Å². The van der Waals surface area contributed by atoms with Gasteiger partial charge in [-0.15, -0.1) is 6.58 Å². The first-order valence-corrected chi connectivity index (χ1v) is 19.8. The quantitative estimate of drug-likeness (QED) is 0.0612. The van der Waals surface area contributed by atoms with Crippen molar-refractivity contribution in [2.75, 3.05) is 13.3 Å². The zero-order valence-electron chi connectivity index (χ0n) is 36.0. The van der Waals surface area contributed by atoms with Gasteiger partial charge in [0.15, 0.2) is 17.3 Å². The molecule has 0 radical (unpaired) electrons. The summed E-state index contributed by atoms with van der Waals surface area (Å²) >= 11 is 0. The van der Waals surface area contributed by atoms with Gasteiger partial charge in [0.1, 0.15) is 17.0 Å². The smallest absolute Gasteiger partial charge is 0.320 e. The Morgan fingerprint density at radius 1 is 0.797 bits per heavy atom. The lowest BCUT2D eigenvalue weighted by atomic mass is 9.71. The average molecular weight is 807 g/mol. The Bertz CT molecular complexity index is 2170. The van der Waals surface area contributed by atoms with Gasteiger partial charge in [0.05, 0.1) is 13.3 Å². The molecule has 5 rings (SSSR count). The zero-order valence-corrected chi connectivity index (χ0v) is 36.0. The van der Waals surface area contributed by atoms with E-state index in [1.54, 1.807) is 80.6 Å². The van der Waals surface area contributed by atoms with Gasteiger partial charge in [-0.1, -0.05) is 125 Å². The van der Waals surface area contributed by atoms with E-state index in [1.807, 2.05) is 52.8 Å². The Labute approximate surface area is 350 Å². The number of carbonyl (C=O) groups excluding carboxylic acids is 5. The molecule has 0 saturated heterocycles. The molecule has 0 heterocycles. The summed E-state index contributed by atoms with van der Waals surface area (Å²) < 4.78 is 28.9. The molecule has 59 heavy (non-hydrogen) atoms. The number of rotatable bonds is 12. The SMILES string of the molecule is C=C(C)C(=O)c1cc(CC(C)=O)ccc1C(=C)C(=O)c1ccc(C)cc1-c1ccc(F)cc1.C=CCC1(C(=O)OCC)C=CC(=O)c2ccccc21.CC.CC.CCF.[HH]. The predicted molar refractivity (Wildman–Crippen MR) is 239 cm³/mol. The standard InChI is InChI=1S/C29H25FO3.C16H16O3.C2H5F.2C2H6.H2/c1-17(2)28(32)27-16-21(15-19(4)31)7-13-24(27)20(5)29(33)25-12-6-18(3)14-26(25)22-8-10-23(30)11-9-22;1-3-10-16(15(18)19-4-2)11-9-14(17)12-7-5-6-8-13(12)16;1-2-3;2*1-2;/h6-14,16H,1,5,15H2,2-4H3;3,5-9,11H,1,4,10H2,2H3;2H2,1H3;2*1-2H3;1H. The molecule has 0 bridgehead atoms. The Kier molecular flexibility index (Phi) is 21.8. The summed E-state index contributed by atoms with van der Waals surface area (Å²) in [4.78, 5) is 62.2. The molecule has 0 aromatic heterocycles. The van der Waals surface area contributed by atoms with Crippen LogP contribution in [0.4, 0.5) is 8.78 Å². The second kappa shape index (κ2) is 25.3. The molecule has 4 aromatic carbocycles. The van der Waals surface area contributed by atoms with Gasteiger partial charge in [0, 0.05) is 30.1 Å². The fourth-order valence-corrected chi connectivity index (χ4v) is 6.09. The number of benzene rings is 4. The van der Waals surface area contributed by atoms with Crippen LogP contribution in [0.1, 0.15) is 117 Å². The molecule has 0 amide bonds. The Hall–Kier alpha value is -6.15. The Morgan fingerprint density at radius 2 is 1.39 bits per heavy atom. The van der Waals surface area contributed by atoms with Gasteiger partial charge in [0.2, 0.25) is 0 Å². The van der Waals surface area contributed by atoms with Crippen LogP contribution in [0.15, 0.2) is 128 Å². The van der Waals surface area contributed by atoms with Gasteiger partial charge in [-0.05, 0) is 98.7 Å². The van der Waals surface area contributed by atoms with Crippen LogP contribution in [0.25, 0.3) is 16.7 Å². The summed E-state index contributed by atoms with van der Waals surface area (Å²) in [5, 5.41) is 0. The average Bonchev–Trinajstić information content (AvgIpc) is 3.23. The topological polar surface area (TPSA) is 94.6 Å². The molecule has 1 aliphatic carbocycles. The van der Waals surface area contributed by atoms with E-state index in [4.69, 9.17) is 4.74 Å². The van der Waals surface area contributed by atoms with Crippen molar-refractivity contribution in [2.45, 2.75) is 80.6 Å². The van der Waals surface area contributed by atoms with Crippen LogP contribution >= 0.6 is 0 Å². The van der Waals surface area contributed by atoms with Crippen molar-refractivity contribution in [3.63, 3.8) is 0 Å². The molecule has 1 aliphatic rings. The van der Waals surface area contributed by atoms with Crippen LogP contribution in [0.2, 0.25) is 0 Å². The summed E-state index contributed by atoms with van der Waals surface area (Å²) in [5.74, 6) is -1.48. The fraction of sp³-hybridized carbons (Fsp3) is 0.275. The lowest BCUT2D eigenvalue weighted by molar-refractivity contribution is -0.148. The minimum atomic E-state index is -0.928. The first-order chi connectivity index (χ1) is 28.1. The number of alkyl halides is 1. The summed E-state index contributed by atoms with van der Waals surface area (Å²) in [6.45, 7) is 27.7. The maximum absolute atomic E-state index is 13.6. The highest BCUT2D eigenvalue weighted by atomic mass is 19.1. The van der Waals surface area contributed by atoms with Crippen LogP contribution in [-0.2, 0) is 26.2 Å². The van der Waals surface area contributed by atoms with E-state index in [-0.39, 0.29) is 60.6 Å². The van der Waals surface area contributed by atoms with Crippen molar-refractivity contribution in [1.82, 2.24) is 0 Å². The molecule has 0 saturated carbocycles. The molecule has 0 N–H and O–H groups in total. The number of ketones is 4. The van der Waals surface area contributed by atoms with Crippen molar-refractivity contribution in [2.24, 2.45) is 0 Å². The van der Waals surface area contributed by atoms with Gasteiger partial charge in [-0.3, -0.25) is 28.4 Å². The van der Waals surface area contributed by atoms with Gasteiger partial charge in [0.25, 0.3) is 0 Å². The number of fused-ring (bicyclic) bond motifs is 1. The van der Waals surface area contributed by atoms with E-state index in [9.17, 15) is 32.8 Å². The largest absolute Gasteiger partial charge is 0.465 e. The summed E-state index contributed by atoms with van der Waals surface area (Å²) in [5.41, 5.74) is 4.86. The van der Waals surface area contributed by atoms with Gasteiger partial charge in [-0.25, -0.2) is 4.39 Å².